The Balaban J connectivity index is 2.16. The van der Waals surface area contributed by atoms with Crippen molar-refractivity contribution in [2.24, 2.45) is 0 Å². The molecule has 0 atom stereocenters. The second kappa shape index (κ2) is 7.68. The van der Waals surface area contributed by atoms with Gasteiger partial charge in [-0.3, -0.25) is 4.79 Å². The molecule has 0 fully saturated rings. The molecule has 2 rings (SSSR count). The minimum atomic E-state index is -0.520. The third-order valence-corrected chi connectivity index (χ3v) is 3.59. The van der Waals surface area contributed by atoms with E-state index in [1.807, 2.05) is 31.2 Å². The number of nitrogens with zero attached hydrogens (tertiary/aromatic N) is 1. The first kappa shape index (κ1) is 16.9. The van der Waals surface area contributed by atoms with Gasteiger partial charge in [-0.15, -0.1) is 0 Å². The lowest BCUT2D eigenvalue weighted by Crippen LogP contribution is -2.14. The fourth-order valence-corrected chi connectivity index (χ4v) is 2.36. The Bertz CT molecular complexity index is 789. The SMILES string of the molecule is Cc1cccc(NC(=O)/C(C#N)=C\Nc2c(Cl)cccc2Cl)c1. The van der Waals surface area contributed by atoms with Gasteiger partial charge in [0.25, 0.3) is 5.91 Å². The second-order valence-electron chi connectivity index (χ2n) is 4.73. The smallest absolute Gasteiger partial charge is 0.267 e. The number of halogens is 2. The van der Waals surface area contributed by atoms with Gasteiger partial charge in [0.1, 0.15) is 11.6 Å². The van der Waals surface area contributed by atoms with E-state index in [-0.39, 0.29) is 5.57 Å². The number of amides is 1. The Morgan fingerprint density at radius 3 is 2.43 bits per heavy atom. The van der Waals surface area contributed by atoms with Crippen LogP contribution in [-0.4, -0.2) is 5.91 Å². The molecule has 4 nitrogen and oxygen atoms in total. The lowest BCUT2D eigenvalue weighted by atomic mass is 10.2. The third-order valence-electron chi connectivity index (χ3n) is 2.96. The summed E-state index contributed by atoms with van der Waals surface area (Å²) in [4.78, 5) is 12.1. The molecule has 23 heavy (non-hydrogen) atoms. The van der Waals surface area contributed by atoms with Gasteiger partial charge in [-0.1, -0.05) is 41.4 Å². The predicted molar refractivity (Wildman–Crippen MR) is 93.6 cm³/mol. The summed E-state index contributed by atoms with van der Waals surface area (Å²) in [7, 11) is 0. The van der Waals surface area contributed by atoms with Crippen molar-refractivity contribution in [1.29, 1.82) is 5.26 Å². The van der Waals surface area contributed by atoms with Crippen molar-refractivity contribution in [3.63, 3.8) is 0 Å². The van der Waals surface area contributed by atoms with Gasteiger partial charge in [-0.2, -0.15) is 5.26 Å². The Morgan fingerprint density at radius 1 is 1.17 bits per heavy atom. The molecule has 0 aromatic heterocycles. The summed E-state index contributed by atoms with van der Waals surface area (Å²) in [6.07, 6.45) is 1.28. The number of nitriles is 1. The molecular formula is C17H13Cl2N3O. The van der Waals surface area contributed by atoms with E-state index in [0.717, 1.165) is 5.56 Å². The molecule has 0 bridgehead atoms. The van der Waals surface area contributed by atoms with E-state index in [9.17, 15) is 4.79 Å². The van der Waals surface area contributed by atoms with Crippen LogP contribution in [0, 0.1) is 18.3 Å². The topological polar surface area (TPSA) is 64.9 Å². The van der Waals surface area contributed by atoms with Crippen LogP contribution in [0.25, 0.3) is 0 Å². The van der Waals surface area contributed by atoms with Crippen LogP contribution in [0.2, 0.25) is 10.0 Å². The van der Waals surface area contributed by atoms with Gasteiger partial charge in [0.05, 0.1) is 15.7 Å². The highest BCUT2D eigenvalue weighted by Gasteiger charge is 2.10. The maximum atomic E-state index is 12.1. The van der Waals surface area contributed by atoms with Crippen LogP contribution in [0.5, 0.6) is 0 Å². The number of hydrogen-bond acceptors (Lipinski definition) is 3. The van der Waals surface area contributed by atoms with Crippen molar-refractivity contribution >= 4 is 40.5 Å². The van der Waals surface area contributed by atoms with Gasteiger partial charge < -0.3 is 10.6 Å². The molecule has 1 amide bonds. The maximum Gasteiger partial charge on any atom is 0.267 e. The van der Waals surface area contributed by atoms with Crippen molar-refractivity contribution in [2.75, 3.05) is 10.6 Å². The first-order chi connectivity index (χ1) is 11.0. The van der Waals surface area contributed by atoms with E-state index < -0.39 is 5.91 Å². The average molecular weight is 346 g/mol. The summed E-state index contributed by atoms with van der Waals surface area (Å²) in [5.74, 6) is -0.520. The zero-order chi connectivity index (χ0) is 16.8. The number of hydrogen-bond donors (Lipinski definition) is 2. The van der Waals surface area contributed by atoms with Crippen LogP contribution in [0.3, 0.4) is 0 Å². The molecule has 2 N–H and O–H groups in total. The van der Waals surface area contributed by atoms with Crippen LogP contribution in [0.1, 0.15) is 5.56 Å². The molecule has 0 spiro atoms. The summed E-state index contributed by atoms with van der Waals surface area (Å²) in [5.41, 5.74) is 1.97. The Kier molecular flexibility index (Phi) is 5.64. The van der Waals surface area contributed by atoms with Crippen molar-refractivity contribution in [3.8, 4) is 6.07 Å². The molecular weight excluding hydrogens is 333 g/mol. The molecule has 0 aliphatic carbocycles. The lowest BCUT2D eigenvalue weighted by molar-refractivity contribution is -0.112. The first-order valence-corrected chi connectivity index (χ1v) is 7.45. The summed E-state index contributed by atoms with van der Waals surface area (Å²) >= 11 is 12.0. The highest BCUT2D eigenvalue weighted by Crippen LogP contribution is 2.29. The zero-order valence-corrected chi connectivity index (χ0v) is 13.7. The van der Waals surface area contributed by atoms with Crippen molar-refractivity contribution in [2.45, 2.75) is 6.92 Å². The molecule has 0 saturated heterocycles. The standard InChI is InChI=1S/C17H13Cl2N3O/c1-11-4-2-5-13(8-11)22-17(23)12(9-20)10-21-16-14(18)6-3-7-15(16)19/h2-8,10,21H,1H3,(H,22,23)/b12-10-. The quantitative estimate of drug-likeness (QED) is 0.620. The molecule has 116 valence electrons. The lowest BCUT2D eigenvalue weighted by Gasteiger charge is -2.08. The van der Waals surface area contributed by atoms with E-state index in [2.05, 4.69) is 10.6 Å². The van der Waals surface area contributed by atoms with E-state index >= 15 is 0 Å². The Morgan fingerprint density at radius 2 is 1.83 bits per heavy atom. The number of rotatable bonds is 4. The van der Waals surface area contributed by atoms with Crippen LogP contribution in [0.4, 0.5) is 11.4 Å². The van der Waals surface area contributed by atoms with Gasteiger partial charge in [0, 0.05) is 11.9 Å². The number of aryl methyl sites for hydroxylation is 1. The first-order valence-electron chi connectivity index (χ1n) is 6.70. The van der Waals surface area contributed by atoms with E-state index in [1.165, 1.54) is 6.20 Å². The van der Waals surface area contributed by atoms with Gasteiger partial charge in [0.15, 0.2) is 0 Å². The van der Waals surface area contributed by atoms with Crippen LogP contribution in [0.15, 0.2) is 54.2 Å². The fourth-order valence-electron chi connectivity index (χ4n) is 1.85. The number of nitrogens with one attached hydrogen (secondary N) is 2. The minimum absolute atomic E-state index is 0.0949. The van der Waals surface area contributed by atoms with E-state index in [0.29, 0.717) is 21.4 Å². The van der Waals surface area contributed by atoms with Crippen molar-refractivity contribution in [3.05, 3.63) is 69.8 Å². The number of para-hydroxylation sites is 1. The molecule has 0 unspecified atom stereocenters. The zero-order valence-electron chi connectivity index (χ0n) is 12.2. The largest absolute Gasteiger partial charge is 0.358 e. The molecule has 0 heterocycles. The Labute approximate surface area is 144 Å². The summed E-state index contributed by atoms with van der Waals surface area (Å²) in [5, 5.41) is 15.4. The highest BCUT2D eigenvalue weighted by atomic mass is 35.5. The summed E-state index contributed by atoms with van der Waals surface area (Å²) in [6, 6.07) is 14.2. The number of anilines is 2. The number of carbonyl (C=O) groups excluding carboxylic acids is 1. The monoisotopic (exact) mass is 345 g/mol. The van der Waals surface area contributed by atoms with E-state index in [1.54, 1.807) is 24.3 Å². The Hall–Kier alpha value is -2.48. The number of benzene rings is 2. The summed E-state index contributed by atoms with van der Waals surface area (Å²) < 4.78 is 0. The second-order valence-corrected chi connectivity index (χ2v) is 5.55. The molecule has 0 saturated carbocycles. The van der Waals surface area contributed by atoms with E-state index in [4.69, 9.17) is 28.5 Å². The molecule has 2 aromatic rings. The third kappa shape index (κ3) is 4.49. The van der Waals surface area contributed by atoms with Gasteiger partial charge in [0.2, 0.25) is 0 Å². The van der Waals surface area contributed by atoms with Crippen molar-refractivity contribution < 1.29 is 4.79 Å². The maximum absolute atomic E-state index is 12.1. The van der Waals surface area contributed by atoms with Crippen LogP contribution >= 0.6 is 23.2 Å². The summed E-state index contributed by atoms with van der Waals surface area (Å²) in [6.45, 7) is 1.91. The average Bonchev–Trinajstić information content (AvgIpc) is 2.50. The fraction of sp³-hybridized carbons (Fsp3) is 0.0588. The van der Waals surface area contributed by atoms with Gasteiger partial charge in [-0.05, 0) is 36.8 Å². The molecule has 0 radical (unpaired) electrons. The number of carbonyl (C=O) groups is 1. The van der Waals surface area contributed by atoms with Crippen LogP contribution < -0.4 is 10.6 Å². The molecule has 6 heteroatoms. The predicted octanol–water partition coefficient (Wildman–Crippen LogP) is 4.76. The molecule has 0 aliphatic heterocycles. The van der Waals surface area contributed by atoms with Crippen LogP contribution in [-0.2, 0) is 4.79 Å². The van der Waals surface area contributed by atoms with Gasteiger partial charge in [-0.25, -0.2) is 0 Å². The normalized spacial score (nSPS) is 10.8. The molecule has 2 aromatic carbocycles. The highest BCUT2D eigenvalue weighted by molar-refractivity contribution is 6.39. The van der Waals surface area contributed by atoms with Gasteiger partial charge >= 0.3 is 0 Å². The molecule has 0 aliphatic rings. The van der Waals surface area contributed by atoms with Crippen molar-refractivity contribution in [1.82, 2.24) is 0 Å². The minimum Gasteiger partial charge on any atom is -0.358 e.